The molecular formula is C128H83FN4. The first-order valence-corrected chi connectivity index (χ1v) is 45.6. The summed E-state index contributed by atoms with van der Waals surface area (Å²) in [5, 5.41) is 20.1. The Kier molecular flexibility index (Phi) is 19.1. The Balaban J connectivity index is 0.000000143. The van der Waals surface area contributed by atoms with E-state index in [-0.39, 0.29) is 5.82 Å². The van der Waals surface area contributed by atoms with Gasteiger partial charge in [-0.3, -0.25) is 0 Å². The zero-order chi connectivity index (χ0) is 88.0. The highest BCUT2D eigenvalue weighted by atomic mass is 19.1. The number of hydrogen-bond acceptors (Lipinski definition) is 2. The highest BCUT2D eigenvalue weighted by Gasteiger charge is 2.28. The zero-order valence-electron chi connectivity index (χ0n) is 72.6. The minimum atomic E-state index is -0.294. The SMILES string of the molecule is Fc1cc(-c2ccccc2)cc(-c2ccccc2)c1N(c1ccccc1)c1ccc(-c2ccc3ccc4cc5c(c6ccc2c3c46)c2ccc(-c3ccccc3)cc2n5-c2ccccc2)cc1.c1ccc(-c2cc(-c3ccccc3)cc(N(c3ccccc3)c3ccc(-c4ccc5ccc6cc7c(c8ccc4c5c68)c4ccc(-c5ccccc5)cc4n7-c4ccccc4)cc3)c2)cc1. The average Bonchev–Trinajstić information content (AvgIpc) is 1.52. The number of halogens is 1. The third-order valence-corrected chi connectivity index (χ3v) is 27.0. The summed E-state index contributed by atoms with van der Waals surface area (Å²) in [5.41, 5.74) is 30.4. The molecule has 133 heavy (non-hydrogen) atoms. The van der Waals surface area contributed by atoms with Gasteiger partial charge in [0.15, 0.2) is 0 Å². The summed E-state index contributed by atoms with van der Waals surface area (Å²) < 4.78 is 22.0. The van der Waals surface area contributed by atoms with E-state index < -0.39 is 0 Å². The number of benzene rings is 24. The highest BCUT2D eigenvalue weighted by Crippen LogP contribution is 2.52. The van der Waals surface area contributed by atoms with Crippen LogP contribution in [-0.2, 0) is 0 Å². The molecule has 26 aromatic rings. The molecule has 0 aliphatic carbocycles. The predicted octanol–water partition coefficient (Wildman–Crippen LogP) is 35.8. The first kappa shape index (κ1) is 77.8. The van der Waals surface area contributed by atoms with E-state index in [0.717, 1.165) is 73.2 Å². The fraction of sp³-hybridized carbons (Fsp3) is 0. The molecule has 0 unspecified atom stereocenters. The van der Waals surface area contributed by atoms with Gasteiger partial charge < -0.3 is 18.9 Å². The minimum absolute atomic E-state index is 0.294. The van der Waals surface area contributed by atoms with E-state index in [4.69, 9.17) is 0 Å². The first-order valence-electron chi connectivity index (χ1n) is 45.6. The quantitative estimate of drug-likeness (QED) is 0.0897. The first-order chi connectivity index (χ1) is 65.9. The van der Waals surface area contributed by atoms with E-state index in [0.29, 0.717) is 5.69 Å². The summed E-state index contributed by atoms with van der Waals surface area (Å²) >= 11 is 0. The van der Waals surface area contributed by atoms with Crippen molar-refractivity contribution < 1.29 is 4.39 Å². The molecule has 0 bridgehead atoms. The van der Waals surface area contributed by atoms with Crippen LogP contribution in [-0.4, -0.2) is 9.13 Å². The van der Waals surface area contributed by atoms with Crippen LogP contribution in [0.25, 0.3) is 209 Å². The monoisotopic (exact) mass is 1690 g/mol. The third-order valence-electron chi connectivity index (χ3n) is 27.0. The largest absolute Gasteiger partial charge is 0.310 e. The van der Waals surface area contributed by atoms with E-state index in [1.807, 2.05) is 78.9 Å². The molecule has 0 spiro atoms. The number of aromatic nitrogens is 2. The Bertz CT molecular complexity index is 8800. The fourth-order valence-corrected chi connectivity index (χ4v) is 21.0. The van der Waals surface area contributed by atoms with Crippen LogP contribution in [0, 0.1) is 5.82 Å². The van der Waals surface area contributed by atoms with E-state index in [2.05, 4.69) is 438 Å². The Morgan fingerprint density at radius 1 is 0.158 bits per heavy atom. The van der Waals surface area contributed by atoms with Crippen molar-refractivity contribution in [3.8, 4) is 100 Å². The van der Waals surface area contributed by atoms with Crippen molar-refractivity contribution in [3.05, 3.63) is 509 Å². The number of fused-ring (bicyclic) bond motifs is 8. The molecular weight excluding hydrogens is 1610 g/mol. The summed E-state index contributed by atoms with van der Waals surface area (Å²) in [7, 11) is 0. The Labute approximate surface area is 770 Å². The molecule has 24 aromatic carbocycles. The lowest BCUT2D eigenvalue weighted by Gasteiger charge is -2.29. The van der Waals surface area contributed by atoms with E-state index in [1.165, 1.54) is 164 Å². The maximum Gasteiger partial charge on any atom is 0.148 e. The van der Waals surface area contributed by atoms with Crippen LogP contribution < -0.4 is 9.80 Å². The molecule has 2 aromatic heterocycles. The van der Waals surface area contributed by atoms with Gasteiger partial charge in [0.2, 0.25) is 0 Å². The molecule has 0 aliphatic heterocycles. The molecule has 5 heteroatoms. The van der Waals surface area contributed by atoms with Crippen LogP contribution in [0.2, 0.25) is 0 Å². The normalized spacial score (nSPS) is 11.6. The van der Waals surface area contributed by atoms with Gasteiger partial charge in [-0.05, 0) is 275 Å². The second-order valence-electron chi connectivity index (χ2n) is 34.7. The second kappa shape index (κ2) is 32.7. The highest BCUT2D eigenvalue weighted by molar-refractivity contribution is 6.36. The molecule has 0 saturated carbocycles. The number of anilines is 6. The van der Waals surface area contributed by atoms with Gasteiger partial charge in [0.1, 0.15) is 5.82 Å². The van der Waals surface area contributed by atoms with Crippen LogP contribution in [0.15, 0.2) is 504 Å². The molecule has 0 atom stereocenters. The lowest BCUT2D eigenvalue weighted by atomic mass is 9.88. The van der Waals surface area contributed by atoms with Crippen LogP contribution in [0.5, 0.6) is 0 Å². The Morgan fingerprint density at radius 3 is 0.857 bits per heavy atom. The second-order valence-corrected chi connectivity index (χ2v) is 34.7. The van der Waals surface area contributed by atoms with E-state index in [1.54, 1.807) is 6.07 Å². The van der Waals surface area contributed by atoms with Crippen molar-refractivity contribution in [3.63, 3.8) is 0 Å². The number of rotatable bonds is 16. The lowest BCUT2D eigenvalue weighted by molar-refractivity contribution is 0.630. The molecule has 0 fully saturated rings. The van der Waals surface area contributed by atoms with E-state index >= 15 is 4.39 Å². The standard InChI is InChI=1S/C64H41FN2.C64H42N2/c65-58-39-49(43-18-8-2-9-19-43)38-57(44-20-10-3-11-21-44)64(58)66(50-22-12-4-13-23-50)52-32-28-45(29-33-52)53-34-30-46-26-27-48-41-60-63(56-37-36-54(53)61(46)62(48)56)55-35-31-47(42-16-6-1-7-17-42)40-59(55)67(60)51-24-14-5-15-25-51;1-6-16-43(17-7-1)48-31-35-58-60(41-48)66(53-24-14-5-15-25-53)61-42-49-27-26-47-30-34-56(57-36-37-59(64(58)61)63(49)62(47)57)46-28-32-54(33-29-46)65(52-22-12-4-13-23-52)55-39-50(44-18-8-2-9-19-44)38-51(40-55)45-20-10-3-11-21-45/h1-41H;1-42H. The maximum absolute atomic E-state index is 17.1. The van der Waals surface area contributed by atoms with Crippen molar-refractivity contribution in [2.24, 2.45) is 0 Å². The summed E-state index contributed by atoms with van der Waals surface area (Å²) in [5.74, 6) is -0.294. The number of para-hydroxylation sites is 4. The van der Waals surface area contributed by atoms with Crippen molar-refractivity contribution >= 4 is 142 Å². The zero-order valence-corrected chi connectivity index (χ0v) is 72.6. The maximum atomic E-state index is 17.1. The molecule has 0 saturated heterocycles. The van der Waals surface area contributed by atoms with Gasteiger partial charge in [0.25, 0.3) is 0 Å². The van der Waals surface area contributed by atoms with Gasteiger partial charge in [0, 0.05) is 66.9 Å². The molecule has 4 nitrogen and oxygen atoms in total. The lowest BCUT2D eigenvalue weighted by Crippen LogP contribution is -2.13. The van der Waals surface area contributed by atoms with Gasteiger partial charge >= 0.3 is 0 Å². The Hall–Kier alpha value is -17.5. The average molecular weight is 1700 g/mol. The summed E-state index contributed by atoms with van der Waals surface area (Å²) in [4.78, 5) is 4.44. The van der Waals surface area contributed by atoms with Crippen molar-refractivity contribution in [2.75, 3.05) is 9.80 Å². The van der Waals surface area contributed by atoms with E-state index in [9.17, 15) is 0 Å². The molecule has 2 heterocycles. The van der Waals surface area contributed by atoms with Gasteiger partial charge in [-0.25, -0.2) is 4.39 Å². The molecule has 0 aliphatic rings. The van der Waals surface area contributed by atoms with Crippen molar-refractivity contribution in [1.82, 2.24) is 9.13 Å². The summed E-state index contributed by atoms with van der Waals surface area (Å²) in [6, 6.07) is 180. The Morgan fingerprint density at radius 2 is 0.451 bits per heavy atom. The minimum Gasteiger partial charge on any atom is -0.310 e. The molecule has 0 radical (unpaired) electrons. The van der Waals surface area contributed by atoms with Crippen LogP contribution in [0.4, 0.5) is 38.5 Å². The molecule has 0 N–H and O–H groups in total. The van der Waals surface area contributed by atoms with Crippen molar-refractivity contribution in [2.45, 2.75) is 0 Å². The third kappa shape index (κ3) is 13.6. The smallest absolute Gasteiger partial charge is 0.148 e. The molecule has 26 rings (SSSR count). The number of hydrogen-bond donors (Lipinski definition) is 0. The van der Waals surface area contributed by atoms with Gasteiger partial charge in [-0.1, -0.05) is 376 Å². The van der Waals surface area contributed by atoms with Gasteiger partial charge in [-0.2, -0.15) is 0 Å². The van der Waals surface area contributed by atoms with Crippen molar-refractivity contribution in [1.29, 1.82) is 0 Å². The van der Waals surface area contributed by atoms with Gasteiger partial charge in [0.05, 0.1) is 27.8 Å². The predicted molar refractivity (Wildman–Crippen MR) is 562 cm³/mol. The van der Waals surface area contributed by atoms with Gasteiger partial charge in [-0.15, -0.1) is 0 Å². The summed E-state index contributed by atoms with van der Waals surface area (Å²) in [6.45, 7) is 0. The van der Waals surface area contributed by atoms with Crippen LogP contribution in [0.3, 0.4) is 0 Å². The fourth-order valence-electron chi connectivity index (χ4n) is 21.0. The van der Waals surface area contributed by atoms with Crippen LogP contribution >= 0.6 is 0 Å². The summed E-state index contributed by atoms with van der Waals surface area (Å²) in [6.07, 6.45) is 0. The number of nitrogens with zero attached hydrogens (tertiary/aromatic N) is 4. The molecule has 0 amide bonds. The topological polar surface area (TPSA) is 16.3 Å². The molecule has 622 valence electrons. The van der Waals surface area contributed by atoms with Crippen LogP contribution in [0.1, 0.15) is 0 Å².